The van der Waals surface area contributed by atoms with Crippen molar-refractivity contribution in [1.82, 2.24) is 0 Å². The van der Waals surface area contributed by atoms with Gasteiger partial charge < -0.3 is 10.5 Å². The van der Waals surface area contributed by atoms with Crippen molar-refractivity contribution in [2.24, 2.45) is 11.7 Å². The maximum atomic E-state index is 6.30. The lowest BCUT2D eigenvalue weighted by atomic mass is 9.94. The summed E-state index contributed by atoms with van der Waals surface area (Å²) < 4.78 is 5.42. The topological polar surface area (TPSA) is 35.2 Å². The summed E-state index contributed by atoms with van der Waals surface area (Å²) in [5, 5.41) is 0. The van der Waals surface area contributed by atoms with Gasteiger partial charge in [-0.3, -0.25) is 0 Å². The van der Waals surface area contributed by atoms with E-state index in [2.05, 4.69) is 19.1 Å². The molecule has 1 atom stereocenters. The molecule has 1 saturated carbocycles. The summed E-state index contributed by atoms with van der Waals surface area (Å²) in [5.74, 6) is 1.83. The predicted molar refractivity (Wildman–Crippen MR) is 76.0 cm³/mol. The molecule has 0 saturated heterocycles. The van der Waals surface area contributed by atoms with E-state index in [-0.39, 0.29) is 6.04 Å². The molecular weight excluding hydrogens is 222 g/mol. The van der Waals surface area contributed by atoms with Crippen LogP contribution >= 0.6 is 0 Å². The number of ether oxygens (including phenoxy) is 1. The Hall–Kier alpha value is -1.02. The maximum absolute atomic E-state index is 6.30. The van der Waals surface area contributed by atoms with Gasteiger partial charge in [-0.05, 0) is 37.3 Å². The first-order valence-electron chi connectivity index (χ1n) is 7.08. The summed E-state index contributed by atoms with van der Waals surface area (Å²) in [7, 11) is 1.73. The molecule has 0 aromatic heterocycles. The highest BCUT2D eigenvalue weighted by atomic mass is 16.5. The number of nitrogens with two attached hydrogens (primary N) is 1. The zero-order valence-corrected chi connectivity index (χ0v) is 11.6. The Labute approximate surface area is 111 Å². The number of benzene rings is 1. The molecule has 1 aliphatic carbocycles. The van der Waals surface area contributed by atoms with Crippen LogP contribution in [0.15, 0.2) is 18.2 Å². The summed E-state index contributed by atoms with van der Waals surface area (Å²) >= 11 is 0. The molecule has 100 valence electrons. The maximum Gasteiger partial charge on any atom is 0.122 e. The molecule has 2 nitrogen and oxygen atoms in total. The van der Waals surface area contributed by atoms with E-state index in [1.165, 1.54) is 36.8 Å². The van der Waals surface area contributed by atoms with E-state index in [0.717, 1.165) is 24.5 Å². The summed E-state index contributed by atoms with van der Waals surface area (Å²) in [5.41, 5.74) is 8.83. The molecule has 2 rings (SSSR count). The molecule has 0 heterocycles. The zero-order valence-electron chi connectivity index (χ0n) is 11.6. The molecule has 2 N–H and O–H groups in total. The Bertz CT molecular complexity index is 383. The second-order valence-electron chi connectivity index (χ2n) is 5.67. The molecule has 0 aliphatic heterocycles. The van der Waals surface area contributed by atoms with Crippen LogP contribution < -0.4 is 10.5 Å². The molecule has 0 radical (unpaired) electrons. The molecule has 18 heavy (non-hydrogen) atoms. The Morgan fingerprint density at radius 1 is 1.33 bits per heavy atom. The molecule has 1 fully saturated rings. The van der Waals surface area contributed by atoms with E-state index >= 15 is 0 Å². The zero-order chi connectivity index (χ0) is 13.0. The van der Waals surface area contributed by atoms with Gasteiger partial charge in [0, 0.05) is 6.04 Å². The van der Waals surface area contributed by atoms with Crippen molar-refractivity contribution in [3.8, 4) is 5.75 Å². The highest BCUT2D eigenvalue weighted by molar-refractivity contribution is 5.37. The monoisotopic (exact) mass is 247 g/mol. The standard InChI is InChI=1S/C16H25NO/c1-12-7-8-16(18-2)14(9-12)11-15(17)10-13-5-3-4-6-13/h7-9,13,15H,3-6,10-11,17H2,1-2H3. The van der Waals surface area contributed by atoms with Gasteiger partial charge in [-0.1, -0.05) is 43.4 Å². The minimum Gasteiger partial charge on any atom is -0.496 e. The predicted octanol–water partition coefficient (Wildman–Crippen LogP) is 3.45. The van der Waals surface area contributed by atoms with Gasteiger partial charge in [0.25, 0.3) is 0 Å². The lowest BCUT2D eigenvalue weighted by Crippen LogP contribution is -2.25. The molecule has 1 aromatic carbocycles. The number of hydrogen-bond donors (Lipinski definition) is 1. The van der Waals surface area contributed by atoms with E-state index in [1.54, 1.807) is 7.11 Å². The molecular formula is C16H25NO. The van der Waals surface area contributed by atoms with E-state index in [9.17, 15) is 0 Å². The highest BCUT2D eigenvalue weighted by Crippen LogP contribution is 2.29. The third kappa shape index (κ3) is 3.49. The molecule has 1 aliphatic rings. The van der Waals surface area contributed by atoms with E-state index < -0.39 is 0 Å². The van der Waals surface area contributed by atoms with E-state index in [0.29, 0.717) is 0 Å². The summed E-state index contributed by atoms with van der Waals surface area (Å²) in [6.45, 7) is 2.12. The van der Waals surface area contributed by atoms with Gasteiger partial charge >= 0.3 is 0 Å². The van der Waals surface area contributed by atoms with Gasteiger partial charge in [-0.25, -0.2) is 0 Å². The van der Waals surface area contributed by atoms with Crippen LogP contribution in [0.1, 0.15) is 43.2 Å². The summed E-state index contributed by atoms with van der Waals surface area (Å²) in [6.07, 6.45) is 7.63. The Kier molecular flexibility index (Phi) is 4.65. The Morgan fingerprint density at radius 3 is 2.72 bits per heavy atom. The molecule has 0 spiro atoms. The van der Waals surface area contributed by atoms with Gasteiger partial charge in [0.05, 0.1) is 7.11 Å². The molecule has 0 amide bonds. The van der Waals surface area contributed by atoms with Crippen LogP contribution in [0.3, 0.4) is 0 Å². The fourth-order valence-corrected chi connectivity index (χ4v) is 3.11. The number of methoxy groups -OCH3 is 1. The van der Waals surface area contributed by atoms with Crippen molar-refractivity contribution in [1.29, 1.82) is 0 Å². The third-order valence-electron chi connectivity index (χ3n) is 4.03. The third-order valence-corrected chi connectivity index (χ3v) is 4.03. The van der Waals surface area contributed by atoms with Crippen LogP contribution in [0, 0.1) is 12.8 Å². The number of rotatable bonds is 5. The van der Waals surface area contributed by atoms with Crippen LogP contribution in [0.4, 0.5) is 0 Å². The Balaban J connectivity index is 1.96. The SMILES string of the molecule is COc1ccc(C)cc1CC(N)CC1CCCC1. The lowest BCUT2D eigenvalue weighted by molar-refractivity contribution is 0.400. The molecule has 1 unspecified atom stereocenters. The average Bonchev–Trinajstić information content (AvgIpc) is 2.82. The normalized spacial score (nSPS) is 17.9. The Morgan fingerprint density at radius 2 is 2.06 bits per heavy atom. The van der Waals surface area contributed by atoms with Crippen molar-refractivity contribution in [2.75, 3.05) is 7.11 Å². The van der Waals surface area contributed by atoms with Crippen molar-refractivity contribution >= 4 is 0 Å². The van der Waals surface area contributed by atoms with Gasteiger partial charge in [-0.15, -0.1) is 0 Å². The van der Waals surface area contributed by atoms with E-state index in [4.69, 9.17) is 10.5 Å². The quantitative estimate of drug-likeness (QED) is 0.865. The summed E-state index contributed by atoms with van der Waals surface area (Å²) in [6, 6.07) is 6.61. The lowest BCUT2D eigenvalue weighted by Gasteiger charge is -2.18. The van der Waals surface area contributed by atoms with Gasteiger partial charge in [-0.2, -0.15) is 0 Å². The van der Waals surface area contributed by atoms with Crippen LogP contribution in [-0.4, -0.2) is 13.2 Å². The van der Waals surface area contributed by atoms with Crippen molar-refractivity contribution in [2.45, 2.75) is 51.5 Å². The molecule has 1 aromatic rings. The van der Waals surface area contributed by atoms with Crippen molar-refractivity contribution in [3.05, 3.63) is 29.3 Å². The second-order valence-corrected chi connectivity index (χ2v) is 5.67. The fraction of sp³-hybridized carbons (Fsp3) is 0.625. The van der Waals surface area contributed by atoms with Gasteiger partial charge in [0.15, 0.2) is 0 Å². The van der Waals surface area contributed by atoms with Crippen molar-refractivity contribution < 1.29 is 4.74 Å². The number of aryl methyl sites for hydroxylation is 1. The van der Waals surface area contributed by atoms with E-state index in [1.807, 2.05) is 6.07 Å². The second kappa shape index (κ2) is 6.24. The highest BCUT2D eigenvalue weighted by Gasteiger charge is 2.19. The first kappa shape index (κ1) is 13.4. The van der Waals surface area contributed by atoms with Gasteiger partial charge in [0.1, 0.15) is 5.75 Å². The minimum atomic E-state index is 0.267. The van der Waals surface area contributed by atoms with Crippen LogP contribution in [0.5, 0.6) is 5.75 Å². The largest absolute Gasteiger partial charge is 0.496 e. The van der Waals surface area contributed by atoms with Crippen LogP contribution in [0.25, 0.3) is 0 Å². The van der Waals surface area contributed by atoms with Crippen LogP contribution in [0.2, 0.25) is 0 Å². The fourth-order valence-electron chi connectivity index (χ4n) is 3.11. The van der Waals surface area contributed by atoms with Crippen LogP contribution in [-0.2, 0) is 6.42 Å². The first-order chi connectivity index (χ1) is 8.69. The average molecular weight is 247 g/mol. The van der Waals surface area contributed by atoms with Crippen molar-refractivity contribution in [3.63, 3.8) is 0 Å². The molecule has 0 bridgehead atoms. The minimum absolute atomic E-state index is 0.267. The molecule has 2 heteroatoms. The van der Waals surface area contributed by atoms with Gasteiger partial charge in [0.2, 0.25) is 0 Å². The number of hydrogen-bond acceptors (Lipinski definition) is 2. The summed E-state index contributed by atoms with van der Waals surface area (Å²) in [4.78, 5) is 0. The first-order valence-corrected chi connectivity index (χ1v) is 7.08. The smallest absolute Gasteiger partial charge is 0.122 e.